The number of halogens is 1. The second kappa shape index (κ2) is 6.72. The van der Waals surface area contributed by atoms with Crippen LogP contribution in [0.1, 0.15) is 12.6 Å². The highest BCUT2D eigenvalue weighted by molar-refractivity contribution is 7.14. The highest BCUT2D eigenvalue weighted by atomic mass is 32.1. The Morgan fingerprint density at radius 1 is 1.27 bits per heavy atom. The second-order valence-corrected chi connectivity index (χ2v) is 6.64. The molecule has 8 heteroatoms. The van der Waals surface area contributed by atoms with E-state index >= 15 is 0 Å². The van der Waals surface area contributed by atoms with Crippen molar-refractivity contribution in [2.24, 2.45) is 0 Å². The van der Waals surface area contributed by atoms with E-state index in [0.29, 0.717) is 5.69 Å². The van der Waals surface area contributed by atoms with E-state index < -0.39 is 0 Å². The number of imidazole rings is 1. The molecule has 0 radical (unpaired) electrons. The van der Waals surface area contributed by atoms with Gasteiger partial charge in [0.2, 0.25) is 0 Å². The molecule has 0 amide bonds. The van der Waals surface area contributed by atoms with Crippen molar-refractivity contribution in [3.05, 3.63) is 59.9 Å². The smallest absolute Gasteiger partial charge is 0.188 e. The fourth-order valence-electron chi connectivity index (χ4n) is 2.69. The third-order valence-electron chi connectivity index (χ3n) is 3.99. The lowest BCUT2D eigenvalue weighted by Crippen LogP contribution is -2.02. The highest BCUT2D eigenvalue weighted by Crippen LogP contribution is 2.29. The minimum atomic E-state index is -0.313. The Bertz CT molecular complexity index is 1050. The first-order chi connectivity index (χ1) is 12.6. The lowest BCUT2D eigenvalue weighted by Gasteiger charge is -2.06. The first kappa shape index (κ1) is 16.5. The molecular weight excluding hydrogens is 351 g/mol. The van der Waals surface area contributed by atoms with Gasteiger partial charge in [0.15, 0.2) is 5.13 Å². The summed E-state index contributed by atoms with van der Waals surface area (Å²) in [7, 11) is 0. The number of aromatic nitrogens is 5. The molecule has 1 N–H and O–H groups in total. The molecule has 4 rings (SSSR count). The molecule has 0 saturated heterocycles. The van der Waals surface area contributed by atoms with Crippen LogP contribution in [0.2, 0.25) is 0 Å². The molecule has 4 aromatic rings. The van der Waals surface area contributed by atoms with Gasteiger partial charge in [0.25, 0.3) is 0 Å². The van der Waals surface area contributed by atoms with Gasteiger partial charge in [-0.1, -0.05) is 6.07 Å². The maximum absolute atomic E-state index is 14.5. The second-order valence-electron chi connectivity index (χ2n) is 5.78. The number of rotatable bonds is 5. The molecule has 0 aliphatic carbocycles. The van der Waals surface area contributed by atoms with Crippen LogP contribution < -0.4 is 5.32 Å². The molecule has 26 heavy (non-hydrogen) atoms. The minimum absolute atomic E-state index is 0.313. The van der Waals surface area contributed by atoms with Crippen molar-refractivity contribution >= 4 is 22.3 Å². The number of nitrogens with one attached hydrogen (secondary N) is 1. The summed E-state index contributed by atoms with van der Waals surface area (Å²) >= 11 is 1.47. The van der Waals surface area contributed by atoms with Crippen molar-refractivity contribution in [1.29, 1.82) is 0 Å². The fraction of sp³-hybridized carbons (Fsp3) is 0.167. The topological polar surface area (TPSA) is 60.6 Å². The summed E-state index contributed by atoms with van der Waals surface area (Å²) in [6.07, 6.45) is 5.14. The number of anilines is 2. The first-order valence-electron chi connectivity index (χ1n) is 8.19. The Kier molecular flexibility index (Phi) is 4.26. The molecule has 6 nitrogen and oxygen atoms in total. The minimum Gasteiger partial charge on any atom is -0.316 e. The highest BCUT2D eigenvalue weighted by Gasteiger charge is 2.11. The zero-order valence-corrected chi connectivity index (χ0v) is 15.2. The van der Waals surface area contributed by atoms with Crippen LogP contribution in [0, 0.1) is 12.7 Å². The van der Waals surface area contributed by atoms with Crippen molar-refractivity contribution in [3.8, 4) is 16.9 Å². The Labute approximate surface area is 154 Å². The molecule has 3 heterocycles. The molecule has 0 saturated carbocycles. The van der Waals surface area contributed by atoms with Crippen molar-refractivity contribution in [2.45, 2.75) is 20.4 Å². The molecule has 0 aliphatic heterocycles. The quantitative estimate of drug-likeness (QED) is 0.567. The number of benzene rings is 1. The van der Waals surface area contributed by atoms with Crippen molar-refractivity contribution in [1.82, 2.24) is 24.3 Å². The van der Waals surface area contributed by atoms with E-state index in [0.717, 1.165) is 34.4 Å². The number of hydrogen-bond acceptors (Lipinski definition) is 5. The summed E-state index contributed by atoms with van der Waals surface area (Å²) in [5.41, 5.74) is 2.77. The van der Waals surface area contributed by atoms with Crippen LogP contribution in [0.5, 0.6) is 0 Å². The average molecular weight is 368 g/mol. The number of hydrogen-bond donors (Lipinski definition) is 1. The van der Waals surface area contributed by atoms with Crippen LogP contribution in [0.4, 0.5) is 15.3 Å². The summed E-state index contributed by atoms with van der Waals surface area (Å²) < 4.78 is 18.1. The monoisotopic (exact) mass is 368 g/mol. The third kappa shape index (κ3) is 3.11. The van der Waals surface area contributed by atoms with E-state index in [1.165, 1.54) is 17.4 Å². The fourth-order valence-corrected chi connectivity index (χ4v) is 3.42. The van der Waals surface area contributed by atoms with Gasteiger partial charge in [-0.15, -0.1) is 11.3 Å². The van der Waals surface area contributed by atoms with Gasteiger partial charge in [-0.2, -0.15) is 5.10 Å². The molecule has 0 spiro atoms. The molecule has 0 fully saturated rings. The molecule has 3 aromatic heterocycles. The largest absolute Gasteiger partial charge is 0.316 e. The van der Waals surface area contributed by atoms with Crippen LogP contribution in [-0.4, -0.2) is 24.3 Å². The van der Waals surface area contributed by atoms with Gasteiger partial charge < -0.3 is 9.88 Å². The van der Waals surface area contributed by atoms with E-state index in [1.54, 1.807) is 29.4 Å². The lowest BCUT2D eigenvalue weighted by molar-refractivity contribution is 0.618. The maximum Gasteiger partial charge on any atom is 0.188 e. The standard InChI is InChI=1S/C18H17FN6S/c1-3-25-17(6-7-21-25)23-18-22-15(10-26-18)13-4-5-16(14(19)8-13)24-9-12(2)20-11-24/h4-11H,3H2,1-2H3,(H,22,23). The van der Waals surface area contributed by atoms with Gasteiger partial charge in [0.1, 0.15) is 11.6 Å². The summed E-state index contributed by atoms with van der Waals surface area (Å²) in [6.45, 7) is 4.67. The molecular formula is C18H17FN6S. The summed E-state index contributed by atoms with van der Waals surface area (Å²) in [4.78, 5) is 8.70. The third-order valence-corrected chi connectivity index (χ3v) is 4.75. The van der Waals surface area contributed by atoms with E-state index in [1.807, 2.05) is 36.0 Å². The average Bonchev–Trinajstić information content (AvgIpc) is 3.36. The van der Waals surface area contributed by atoms with Gasteiger partial charge in [0.05, 0.1) is 29.6 Å². The molecule has 0 aliphatic rings. The molecule has 0 atom stereocenters. The van der Waals surface area contributed by atoms with E-state index in [4.69, 9.17) is 0 Å². The zero-order valence-electron chi connectivity index (χ0n) is 14.3. The first-order valence-corrected chi connectivity index (χ1v) is 9.07. The van der Waals surface area contributed by atoms with E-state index in [-0.39, 0.29) is 5.82 Å². The molecule has 132 valence electrons. The lowest BCUT2D eigenvalue weighted by atomic mass is 10.1. The van der Waals surface area contributed by atoms with Gasteiger partial charge in [-0.25, -0.2) is 19.0 Å². The Morgan fingerprint density at radius 2 is 2.15 bits per heavy atom. The predicted molar refractivity (Wildman–Crippen MR) is 101 cm³/mol. The van der Waals surface area contributed by atoms with Crippen LogP contribution in [0.3, 0.4) is 0 Å². The van der Waals surface area contributed by atoms with Crippen molar-refractivity contribution in [2.75, 3.05) is 5.32 Å². The SMILES string of the molecule is CCn1nccc1Nc1nc(-c2ccc(-n3cnc(C)c3)c(F)c2)cs1. The summed E-state index contributed by atoms with van der Waals surface area (Å²) in [6, 6.07) is 7.00. The molecule has 0 unspecified atom stereocenters. The van der Waals surface area contributed by atoms with Gasteiger partial charge in [0, 0.05) is 29.8 Å². The van der Waals surface area contributed by atoms with Crippen LogP contribution >= 0.6 is 11.3 Å². The van der Waals surface area contributed by atoms with Crippen molar-refractivity contribution in [3.63, 3.8) is 0 Å². The maximum atomic E-state index is 14.5. The molecule has 0 bridgehead atoms. The summed E-state index contributed by atoms with van der Waals surface area (Å²) in [5, 5.41) is 10.1. The zero-order chi connectivity index (χ0) is 18.1. The van der Waals surface area contributed by atoms with Gasteiger partial charge in [-0.05, 0) is 26.0 Å². The number of thiazole rings is 1. The number of aryl methyl sites for hydroxylation is 2. The Morgan fingerprint density at radius 3 is 2.88 bits per heavy atom. The van der Waals surface area contributed by atoms with Crippen LogP contribution in [-0.2, 0) is 6.54 Å². The van der Waals surface area contributed by atoms with E-state index in [9.17, 15) is 4.39 Å². The van der Waals surface area contributed by atoms with Crippen LogP contribution in [0.25, 0.3) is 16.9 Å². The van der Waals surface area contributed by atoms with Gasteiger partial charge >= 0.3 is 0 Å². The normalized spacial score (nSPS) is 11.0. The molecule has 1 aromatic carbocycles. The summed E-state index contributed by atoms with van der Waals surface area (Å²) in [5.74, 6) is 0.567. The Balaban J connectivity index is 1.58. The van der Waals surface area contributed by atoms with Crippen LogP contribution in [0.15, 0.2) is 48.4 Å². The number of nitrogens with zero attached hydrogens (tertiary/aromatic N) is 5. The van der Waals surface area contributed by atoms with E-state index in [2.05, 4.69) is 20.4 Å². The van der Waals surface area contributed by atoms with Crippen molar-refractivity contribution < 1.29 is 4.39 Å². The predicted octanol–water partition coefficient (Wildman–Crippen LogP) is 4.40. The Hall–Kier alpha value is -3.00. The van der Waals surface area contributed by atoms with Gasteiger partial charge in [-0.3, -0.25) is 0 Å².